The van der Waals surface area contributed by atoms with Crippen LogP contribution in [-0.4, -0.2) is 24.8 Å². The van der Waals surface area contributed by atoms with Crippen molar-refractivity contribution in [1.82, 2.24) is 24.8 Å². The van der Waals surface area contributed by atoms with Crippen LogP contribution in [0.15, 0.2) is 195 Å². The maximum Gasteiger partial charge on any atom is 0.0956 e. The maximum atomic E-state index is 5.10. The summed E-state index contributed by atoms with van der Waals surface area (Å²) in [6.45, 7) is 1.12. The second-order valence-electron chi connectivity index (χ2n) is 12.8. The second kappa shape index (κ2) is 15.5. The second-order valence-corrected chi connectivity index (χ2v) is 12.8. The summed E-state index contributed by atoms with van der Waals surface area (Å²) in [6.07, 6.45) is 7.86. The van der Waals surface area contributed by atoms with E-state index in [1.165, 1.54) is 0 Å². The monoisotopic (exact) mass is 671 g/mol. The largest absolute Gasteiger partial charge is 0.278 e. The Balaban J connectivity index is 1.19. The van der Waals surface area contributed by atoms with Crippen LogP contribution in [-0.2, 0) is 13.1 Å². The molecule has 0 spiro atoms. The Hall–Kier alpha value is -6.56. The van der Waals surface area contributed by atoms with Gasteiger partial charge in [-0.05, 0) is 46.5 Å². The van der Waals surface area contributed by atoms with Crippen LogP contribution in [0.25, 0.3) is 44.5 Å². The number of hydrogen-bond acceptors (Lipinski definition) is 5. The third-order valence-corrected chi connectivity index (χ3v) is 9.31. The first-order chi connectivity index (χ1) is 25.8. The lowest BCUT2D eigenvalue weighted by Gasteiger charge is -2.31. The van der Waals surface area contributed by atoms with Crippen molar-refractivity contribution in [3.8, 4) is 44.5 Å². The van der Waals surface area contributed by atoms with Gasteiger partial charge >= 0.3 is 0 Å². The van der Waals surface area contributed by atoms with E-state index < -0.39 is 0 Å². The first-order valence-electron chi connectivity index (χ1n) is 17.5. The van der Waals surface area contributed by atoms with Gasteiger partial charge in [0.15, 0.2) is 0 Å². The average Bonchev–Trinajstić information content (AvgIpc) is 3.23. The van der Waals surface area contributed by atoms with Crippen molar-refractivity contribution in [3.63, 3.8) is 0 Å². The van der Waals surface area contributed by atoms with E-state index in [0.717, 1.165) is 67.3 Å². The highest BCUT2D eigenvalue weighted by Gasteiger charge is 2.27. The van der Waals surface area contributed by atoms with E-state index in [1.807, 2.05) is 49.1 Å². The Morgan fingerprint density at radius 3 is 0.885 bits per heavy atom. The molecule has 0 aliphatic carbocycles. The van der Waals surface area contributed by atoms with Gasteiger partial charge in [-0.2, -0.15) is 0 Å². The third-order valence-electron chi connectivity index (χ3n) is 9.31. The SMILES string of the molecule is c1ccc(-c2ccc(CN(Cc3ccc(-c4ccccc4)cn3)C(c3ccc(-c4ccccc4)cn3)c3ccc(-c4ccccc4)cn3)nc2)cc1. The molecule has 5 nitrogen and oxygen atoms in total. The van der Waals surface area contributed by atoms with Gasteiger partial charge in [-0.1, -0.05) is 146 Å². The Labute approximate surface area is 305 Å². The van der Waals surface area contributed by atoms with Crippen LogP contribution in [0.4, 0.5) is 0 Å². The van der Waals surface area contributed by atoms with Crippen LogP contribution in [0.5, 0.6) is 0 Å². The van der Waals surface area contributed by atoms with Gasteiger partial charge in [0.25, 0.3) is 0 Å². The lowest BCUT2D eigenvalue weighted by Crippen LogP contribution is -2.31. The molecular weight excluding hydrogens is 635 g/mol. The molecule has 8 rings (SSSR count). The van der Waals surface area contributed by atoms with E-state index >= 15 is 0 Å². The summed E-state index contributed by atoms with van der Waals surface area (Å²) in [5, 5.41) is 0. The van der Waals surface area contributed by atoms with Gasteiger partial charge in [0.05, 0.1) is 28.8 Å². The van der Waals surface area contributed by atoms with Crippen molar-refractivity contribution in [2.75, 3.05) is 0 Å². The van der Waals surface area contributed by atoms with Crippen molar-refractivity contribution in [3.05, 3.63) is 217 Å². The Kier molecular flexibility index (Phi) is 9.76. The quantitative estimate of drug-likeness (QED) is 0.137. The van der Waals surface area contributed by atoms with Gasteiger partial charge in [-0.25, -0.2) is 0 Å². The maximum absolute atomic E-state index is 5.10. The first kappa shape index (κ1) is 32.6. The minimum absolute atomic E-state index is 0.277. The Morgan fingerprint density at radius 1 is 0.308 bits per heavy atom. The molecule has 0 amide bonds. The van der Waals surface area contributed by atoms with Gasteiger partial charge in [0, 0.05) is 60.1 Å². The lowest BCUT2D eigenvalue weighted by atomic mass is 10.0. The summed E-state index contributed by atoms with van der Waals surface area (Å²) in [5.74, 6) is 0. The molecule has 0 saturated carbocycles. The molecule has 0 saturated heterocycles. The molecule has 4 aromatic heterocycles. The number of benzene rings is 4. The minimum Gasteiger partial charge on any atom is -0.278 e. The molecule has 250 valence electrons. The minimum atomic E-state index is -0.277. The zero-order chi connectivity index (χ0) is 35.0. The zero-order valence-electron chi connectivity index (χ0n) is 28.7. The smallest absolute Gasteiger partial charge is 0.0956 e. The summed E-state index contributed by atoms with van der Waals surface area (Å²) < 4.78 is 0. The zero-order valence-corrected chi connectivity index (χ0v) is 28.7. The molecule has 0 aliphatic heterocycles. The molecule has 0 unspecified atom stereocenters. The predicted molar refractivity (Wildman–Crippen MR) is 210 cm³/mol. The fraction of sp³-hybridized carbons (Fsp3) is 0.0638. The van der Waals surface area contributed by atoms with Crippen LogP contribution in [0, 0.1) is 0 Å². The molecule has 0 bridgehead atoms. The Morgan fingerprint density at radius 2 is 0.615 bits per heavy atom. The topological polar surface area (TPSA) is 54.8 Å². The van der Waals surface area contributed by atoms with Crippen LogP contribution in [0.2, 0.25) is 0 Å². The molecule has 8 aromatic rings. The number of nitrogens with zero attached hydrogens (tertiary/aromatic N) is 5. The highest BCUT2D eigenvalue weighted by Crippen LogP contribution is 2.32. The highest BCUT2D eigenvalue weighted by molar-refractivity contribution is 5.65. The van der Waals surface area contributed by atoms with Gasteiger partial charge < -0.3 is 0 Å². The first-order valence-corrected chi connectivity index (χ1v) is 17.5. The van der Waals surface area contributed by atoms with E-state index in [4.69, 9.17) is 19.9 Å². The molecule has 4 heterocycles. The van der Waals surface area contributed by atoms with Crippen LogP contribution >= 0.6 is 0 Å². The summed E-state index contributed by atoms with van der Waals surface area (Å²) in [6, 6.07) is 58.3. The van der Waals surface area contributed by atoms with Gasteiger partial charge in [-0.3, -0.25) is 24.8 Å². The van der Waals surface area contributed by atoms with Crippen molar-refractivity contribution in [2.45, 2.75) is 19.1 Å². The number of pyridine rings is 4. The fourth-order valence-corrected chi connectivity index (χ4v) is 6.56. The van der Waals surface area contributed by atoms with E-state index in [9.17, 15) is 0 Å². The van der Waals surface area contributed by atoms with E-state index in [-0.39, 0.29) is 6.04 Å². The van der Waals surface area contributed by atoms with Crippen LogP contribution in [0.1, 0.15) is 28.8 Å². The van der Waals surface area contributed by atoms with Crippen LogP contribution < -0.4 is 0 Å². The molecular formula is C47H37N5. The average molecular weight is 672 g/mol. The molecule has 0 N–H and O–H groups in total. The van der Waals surface area contributed by atoms with Gasteiger partial charge in [0.2, 0.25) is 0 Å². The van der Waals surface area contributed by atoms with E-state index in [0.29, 0.717) is 13.1 Å². The molecule has 0 atom stereocenters. The van der Waals surface area contributed by atoms with Crippen LogP contribution in [0.3, 0.4) is 0 Å². The molecule has 0 fully saturated rings. The third kappa shape index (κ3) is 7.60. The lowest BCUT2D eigenvalue weighted by molar-refractivity contribution is 0.195. The number of hydrogen-bond donors (Lipinski definition) is 0. The number of rotatable bonds is 11. The highest BCUT2D eigenvalue weighted by atomic mass is 15.2. The molecule has 5 heteroatoms. The summed E-state index contributed by atoms with van der Waals surface area (Å²) in [7, 11) is 0. The van der Waals surface area contributed by atoms with Crippen molar-refractivity contribution in [2.24, 2.45) is 0 Å². The normalized spacial score (nSPS) is 11.2. The van der Waals surface area contributed by atoms with Gasteiger partial charge in [0.1, 0.15) is 0 Å². The molecule has 4 aromatic carbocycles. The standard InChI is InChI=1S/C47H37N5/c1-5-13-35(14-6-1)39-21-25-43(48-29-39)33-52(34-44-26-22-40(30-49-44)36-15-7-2-8-16-36)47(45-27-23-41(31-50-45)37-17-9-3-10-18-37)46-28-24-42(32-51-46)38-19-11-4-12-20-38/h1-32,47H,33-34H2. The number of aromatic nitrogens is 4. The molecule has 0 radical (unpaired) electrons. The Bertz CT molecular complexity index is 2130. The molecule has 52 heavy (non-hydrogen) atoms. The fourth-order valence-electron chi connectivity index (χ4n) is 6.56. The summed E-state index contributed by atoms with van der Waals surface area (Å²) in [5.41, 5.74) is 12.6. The summed E-state index contributed by atoms with van der Waals surface area (Å²) in [4.78, 5) is 22.5. The van der Waals surface area contributed by atoms with E-state index in [2.05, 4.69) is 150 Å². The van der Waals surface area contributed by atoms with E-state index in [1.54, 1.807) is 0 Å². The van der Waals surface area contributed by atoms with Crippen molar-refractivity contribution >= 4 is 0 Å². The predicted octanol–water partition coefficient (Wildman–Crippen LogP) is 10.7. The summed E-state index contributed by atoms with van der Waals surface area (Å²) >= 11 is 0. The molecule has 0 aliphatic rings. The van der Waals surface area contributed by atoms with Crippen molar-refractivity contribution in [1.29, 1.82) is 0 Å². The van der Waals surface area contributed by atoms with Gasteiger partial charge in [-0.15, -0.1) is 0 Å². The van der Waals surface area contributed by atoms with Crippen molar-refractivity contribution < 1.29 is 0 Å².